The number of ether oxygens (including phenoxy) is 1. The zero-order valence-electron chi connectivity index (χ0n) is 10.5. The Kier molecular flexibility index (Phi) is 4.47. The summed E-state index contributed by atoms with van der Waals surface area (Å²) in [6.07, 6.45) is 5.29. The minimum absolute atomic E-state index is 0.235. The molecule has 98 valence electrons. The number of aromatic nitrogens is 2. The normalized spacial score (nSPS) is 11.1. The maximum Gasteiger partial charge on any atom is 0.309 e. The van der Waals surface area contributed by atoms with Gasteiger partial charge in [0, 0.05) is 5.39 Å². The Labute approximate surface area is 116 Å². The molecule has 0 fully saturated rings. The number of esters is 1. The number of rotatable bonds is 4. The van der Waals surface area contributed by atoms with Crippen LogP contribution in [0.25, 0.3) is 17.0 Å². The van der Waals surface area contributed by atoms with Crippen molar-refractivity contribution >= 4 is 34.5 Å². The van der Waals surface area contributed by atoms with Crippen LogP contribution in [0.15, 0.2) is 30.6 Å². The molecule has 4 nitrogen and oxygen atoms in total. The third kappa shape index (κ3) is 3.51. The van der Waals surface area contributed by atoms with Gasteiger partial charge in [-0.25, -0.2) is 9.97 Å². The molecule has 1 aromatic heterocycles. The summed E-state index contributed by atoms with van der Waals surface area (Å²) in [7, 11) is 0. The Balaban J connectivity index is 2.15. The number of fused-ring (bicyclic) bond motifs is 1. The van der Waals surface area contributed by atoms with Gasteiger partial charge >= 0.3 is 5.97 Å². The molecule has 2 aromatic rings. The SMILES string of the molecule is CCOC(=O)CC=Cc1ccc2ncnc(Cl)c2c1. The highest BCUT2D eigenvalue weighted by Gasteiger charge is 2.01. The zero-order chi connectivity index (χ0) is 13.7. The van der Waals surface area contributed by atoms with Crippen LogP contribution in [0, 0.1) is 0 Å². The van der Waals surface area contributed by atoms with Gasteiger partial charge in [-0.2, -0.15) is 0 Å². The first-order chi connectivity index (χ1) is 9.20. The molecular formula is C14H13ClN2O2. The van der Waals surface area contributed by atoms with Gasteiger partial charge < -0.3 is 4.74 Å². The Morgan fingerprint density at radius 3 is 3.05 bits per heavy atom. The van der Waals surface area contributed by atoms with Gasteiger partial charge in [-0.05, 0) is 24.6 Å². The monoisotopic (exact) mass is 276 g/mol. The smallest absolute Gasteiger partial charge is 0.309 e. The van der Waals surface area contributed by atoms with Crippen LogP contribution in [0.1, 0.15) is 18.9 Å². The third-order valence-corrected chi connectivity index (χ3v) is 2.81. The molecule has 1 heterocycles. The van der Waals surface area contributed by atoms with Crippen LogP contribution in [0.3, 0.4) is 0 Å². The fourth-order valence-electron chi connectivity index (χ4n) is 1.66. The average Bonchev–Trinajstić information content (AvgIpc) is 2.40. The minimum Gasteiger partial charge on any atom is -0.466 e. The Bertz CT molecular complexity index is 626. The van der Waals surface area contributed by atoms with Gasteiger partial charge in [0.25, 0.3) is 0 Å². The van der Waals surface area contributed by atoms with Crippen LogP contribution in [0.5, 0.6) is 0 Å². The maximum atomic E-state index is 11.2. The van der Waals surface area contributed by atoms with E-state index in [9.17, 15) is 4.79 Å². The molecule has 0 aliphatic rings. The summed E-state index contributed by atoms with van der Waals surface area (Å²) in [5.41, 5.74) is 1.73. The molecule has 0 unspecified atom stereocenters. The number of carbonyl (C=O) groups excluding carboxylic acids is 1. The molecule has 1 aromatic carbocycles. The molecule has 0 saturated carbocycles. The lowest BCUT2D eigenvalue weighted by Gasteiger charge is -2.00. The van der Waals surface area contributed by atoms with Gasteiger partial charge in [0.15, 0.2) is 0 Å². The van der Waals surface area contributed by atoms with E-state index in [0.29, 0.717) is 11.8 Å². The van der Waals surface area contributed by atoms with Crippen LogP contribution in [0.4, 0.5) is 0 Å². The molecule has 0 saturated heterocycles. The van der Waals surface area contributed by atoms with Crippen molar-refractivity contribution in [2.75, 3.05) is 6.61 Å². The fraction of sp³-hybridized carbons (Fsp3) is 0.214. The van der Waals surface area contributed by atoms with Gasteiger partial charge in [-0.1, -0.05) is 29.8 Å². The Morgan fingerprint density at radius 2 is 2.26 bits per heavy atom. The molecule has 0 aliphatic carbocycles. The van der Waals surface area contributed by atoms with Crippen molar-refractivity contribution in [2.45, 2.75) is 13.3 Å². The Morgan fingerprint density at radius 1 is 1.42 bits per heavy atom. The molecule has 0 atom stereocenters. The van der Waals surface area contributed by atoms with Crippen LogP contribution in [0.2, 0.25) is 5.15 Å². The van der Waals surface area contributed by atoms with Gasteiger partial charge in [0.1, 0.15) is 11.5 Å². The molecule has 2 rings (SSSR count). The molecule has 0 N–H and O–H groups in total. The summed E-state index contributed by atoms with van der Waals surface area (Å²) in [5, 5.41) is 1.22. The molecule has 5 heteroatoms. The van der Waals surface area contributed by atoms with Crippen LogP contribution in [-0.4, -0.2) is 22.5 Å². The highest BCUT2D eigenvalue weighted by atomic mass is 35.5. The molecule has 0 aliphatic heterocycles. The van der Waals surface area contributed by atoms with Crippen molar-refractivity contribution in [1.82, 2.24) is 9.97 Å². The second-order valence-corrected chi connectivity index (χ2v) is 4.21. The molecule has 0 spiro atoms. The standard InChI is InChI=1S/C14H13ClN2O2/c1-2-19-13(18)5-3-4-10-6-7-12-11(8-10)14(15)17-9-16-12/h3-4,6-9H,2,5H2,1H3. The number of carbonyl (C=O) groups is 1. The van der Waals surface area contributed by atoms with Crippen molar-refractivity contribution < 1.29 is 9.53 Å². The number of hydrogen-bond acceptors (Lipinski definition) is 4. The molecule has 19 heavy (non-hydrogen) atoms. The lowest BCUT2D eigenvalue weighted by atomic mass is 10.1. The van der Waals surface area contributed by atoms with Crippen LogP contribution in [-0.2, 0) is 9.53 Å². The summed E-state index contributed by atoms with van der Waals surface area (Å²) >= 11 is 6.01. The first-order valence-corrected chi connectivity index (χ1v) is 6.31. The van der Waals surface area contributed by atoms with E-state index in [-0.39, 0.29) is 12.4 Å². The van der Waals surface area contributed by atoms with Gasteiger partial charge in [-0.15, -0.1) is 0 Å². The van der Waals surface area contributed by atoms with Crippen molar-refractivity contribution in [3.8, 4) is 0 Å². The van der Waals surface area contributed by atoms with E-state index in [4.69, 9.17) is 16.3 Å². The summed E-state index contributed by atoms with van der Waals surface area (Å²) in [5.74, 6) is -0.235. The number of hydrogen-bond donors (Lipinski definition) is 0. The van der Waals surface area contributed by atoms with E-state index < -0.39 is 0 Å². The molecule has 0 radical (unpaired) electrons. The van der Waals surface area contributed by atoms with Crippen molar-refractivity contribution in [2.24, 2.45) is 0 Å². The number of benzene rings is 1. The second kappa shape index (κ2) is 6.29. The van der Waals surface area contributed by atoms with Crippen LogP contribution >= 0.6 is 11.6 Å². The highest BCUT2D eigenvalue weighted by molar-refractivity contribution is 6.34. The molecule has 0 bridgehead atoms. The predicted octanol–water partition coefficient (Wildman–Crippen LogP) is 3.25. The zero-order valence-corrected chi connectivity index (χ0v) is 11.2. The first-order valence-electron chi connectivity index (χ1n) is 5.93. The van der Waals surface area contributed by atoms with Crippen LogP contribution < -0.4 is 0 Å². The molecule has 0 amide bonds. The molecular weight excluding hydrogens is 264 g/mol. The topological polar surface area (TPSA) is 52.1 Å². The van der Waals surface area contributed by atoms with Crippen molar-refractivity contribution in [3.05, 3.63) is 41.3 Å². The quantitative estimate of drug-likeness (QED) is 0.635. The van der Waals surface area contributed by atoms with E-state index in [0.717, 1.165) is 16.5 Å². The highest BCUT2D eigenvalue weighted by Crippen LogP contribution is 2.21. The summed E-state index contributed by atoms with van der Waals surface area (Å²) in [6.45, 7) is 2.18. The van der Waals surface area contributed by atoms with Gasteiger partial charge in [0.2, 0.25) is 0 Å². The van der Waals surface area contributed by atoms with E-state index in [1.54, 1.807) is 13.0 Å². The largest absolute Gasteiger partial charge is 0.466 e. The summed E-state index contributed by atoms with van der Waals surface area (Å²) < 4.78 is 4.84. The first kappa shape index (κ1) is 13.5. The maximum absolute atomic E-state index is 11.2. The predicted molar refractivity (Wildman–Crippen MR) is 74.8 cm³/mol. The second-order valence-electron chi connectivity index (χ2n) is 3.85. The van der Waals surface area contributed by atoms with E-state index >= 15 is 0 Å². The average molecular weight is 277 g/mol. The summed E-state index contributed by atoms with van der Waals surface area (Å²) in [4.78, 5) is 19.2. The van der Waals surface area contributed by atoms with Gasteiger partial charge in [-0.3, -0.25) is 4.79 Å². The number of nitrogens with zero attached hydrogens (tertiary/aromatic N) is 2. The van der Waals surface area contributed by atoms with E-state index in [1.165, 1.54) is 6.33 Å². The van der Waals surface area contributed by atoms with Crippen molar-refractivity contribution in [3.63, 3.8) is 0 Å². The lowest BCUT2D eigenvalue weighted by molar-refractivity contribution is -0.142. The van der Waals surface area contributed by atoms with E-state index in [2.05, 4.69) is 9.97 Å². The van der Waals surface area contributed by atoms with Gasteiger partial charge in [0.05, 0.1) is 18.5 Å². The third-order valence-electron chi connectivity index (χ3n) is 2.51. The number of halogens is 1. The van der Waals surface area contributed by atoms with E-state index in [1.807, 2.05) is 24.3 Å². The van der Waals surface area contributed by atoms with Crippen molar-refractivity contribution in [1.29, 1.82) is 0 Å². The fourth-order valence-corrected chi connectivity index (χ4v) is 1.85. The minimum atomic E-state index is -0.235. The Hall–Kier alpha value is -1.94. The summed E-state index contributed by atoms with van der Waals surface area (Å²) in [6, 6.07) is 5.67. The lowest BCUT2D eigenvalue weighted by Crippen LogP contribution is -2.01.